The highest BCUT2D eigenvalue weighted by Gasteiger charge is 2.04. The minimum atomic E-state index is -0.308. The Morgan fingerprint density at radius 2 is 1.88 bits per heavy atom. The summed E-state index contributed by atoms with van der Waals surface area (Å²) in [5, 5.41) is 0. The molecule has 24 heavy (non-hydrogen) atoms. The molecule has 6 nitrogen and oxygen atoms in total. The number of aromatic nitrogens is 2. The quantitative estimate of drug-likeness (QED) is 0.649. The lowest BCUT2D eigenvalue weighted by atomic mass is 10.1. The zero-order valence-electron chi connectivity index (χ0n) is 13.9. The molecule has 130 valence electrons. The maximum Gasteiger partial charge on any atom is 0.349 e. The molecule has 0 fully saturated rings. The fourth-order valence-corrected chi connectivity index (χ4v) is 2.49. The Balaban J connectivity index is 1.55. The van der Waals surface area contributed by atoms with Crippen molar-refractivity contribution in [2.75, 3.05) is 12.3 Å². The van der Waals surface area contributed by atoms with Crippen LogP contribution in [0.3, 0.4) is 0 Å². The van der Waals surface area contributed by atoms with Gasteiger partial charge in [-0.3, -0.25) is 4.57 Å². The van der Waals surface area contributed by atoms with Crippen LogP contribution in [0, 0.1) is 0 Å². The van der Waals surface area contributed by atoms with Crippen LogP contribution in [0.1, 0.15) is 31.2 Å². The van der Waals surface area contributed by atoms with Crippen molar-refractivity contribution in [3.05, 3.63) is 58.6 Å². The van der Waals surface area contributed by atoms with Crippen molar-refractivity contribution < 1.29 is 4.74 Å². The highest BCUT2D eigenvalue weighted by atomic mass is 16.5. The summed E-state index contributed by atoms with van der Waals surface area (Å²) in [6, 6.07) is 11.9. The first kappa shape index (κ1) is 18.2. The molecule has 0 radical (unpaired) electrons. The van der Waals surface area contributed by atoms with Gasteiger partial charge in [0.25, 0.3) is 0 Å². The van der Waals surface area contributed by atoms with E-state index < -0.39 is 0 Å². The average molecular weight is 330 g/mol. The second-order valence-electron chi connectivity index (χ2n) is 5.91. The maximum atomic E-state index is 11.6. The number of benzene rings is 1. The third-order valence-corrected chi connectivity index (χ3v) is 3.84. The predicted octanol–water partition coefficient (Wildman–Crippen LogP) is 1.93. The topological polar surface area (TPSA) is 96.2 Å². The standard InChI is InChI=1S/C18H26N4O2/c19-16(8-4-11-22-12-10-17(20)21-18(22)23)9-5-13-24-14-15-6-2-1-3-7-15/h1-3,6-7,10,12,16H,4-5,8-9,11,13-14,19H2,(H2,20,21,23). The minimum Gasteiger partial charge on any atom is -0.383 e. The molecule has 0 amide bonds. The van der Waals surface area contributed by atoms with Gasteiger partial charge in [0.1, 0.15) is 5.82 Å². The number of hydrogen-bond donors (Lipinski definition) is 2. The molecule has 0 aliphatic carbocycles. The number of nitrogens with two attached hydrogens (primary N) is 2. The van der Waals surface area contributed by atoms with Crippen LogP contribution in [-0.4, -0.2) is 22.2 Å². The first-order valence-corrected chi connectivity index (χ1v) is 8.35. The molecule has 1 atom stereocenters. The van der Waals surface area contributed by atoms with E-state index in [0.717, 1.165) is 25.7 Å². The van der Waals surface area contributed by atoms with Crippen molar-refractivity contribution in [1.82, 2.24) is 9.55 Å². The molecule has 2 aromatic rings. The zero-order chi connectivity index (χ0) is 17.2. The number of rotatable bonds is 10. The molecule has 0 aliphatic rings. The van der Waals surface area contributed by atoms with Crippen LogP contribution >= 0.6 is 0 Å². The van der Waals surface area contributed by atoms with Crippen LogP contribution in [0.4, 0.5) is 5.82 Å². The van der Waals surface area contributed by atoms with Gasteiger partial charge in [0.2, 0.25) is 0 Å². The lowest BCUT2D eigenvalue weighted by molar-refractivity contribution is 0.115. The first-order chi connectivity index (χ1) is 11.6. The summed E-state index contributed by atoms with van der Waals surface area (Å²) in [7, 11) is 0. The van der Waals surface area contributed by atoms with Crippen LogP contribution in [0.2, 0.25) is 0 Å². The molecule has 0 spiro atoms. The lowest BCUT2D eigenvalue weighted by Gasteiger charge is -2.12. The maximum absolute atomic E-state index is 11.6. The molecular weight excluding hydrogens is 304 g/mol. The molecule has 6 heteroatoms. The van der Waals surface area contributed by atoms with E-state index >= 15 is 0 Å². The second kappa shape index (κ2) is 9.85. The fourth-order valence-electron chi connectivity index (χ4n) is 2.49. The molecule has 1 aromatic carbocycles. The molecule has 0 saturated heterocycles. The van der Waals surface area contributed by atoms with E-state index in [1.165, 1.54) is 5.56 Å². The SMILES string of the molecule is Nc1ccn(CCCC(N)CCCOCc2ccccc2)c(=O)n1. The van der Waals surface area contributed by atoms with E-state index in [9.17, 15) is 4.79 Å². The molecular formula is C18H26N4O2. The smallest absolute Gasteiger partial charge is 0.349 e. The van der Waals surface area contributed by atoms with E-state index in [1.54, 1.807) is 16.8 Å². The summed E-state index contributed by atoms with van der Waals surface area (Å²) in [6.45, 7) is 1.97. The van der Waals surface area contributed by atoms with Crippen molar-refractivity contribution >= 4 is 5.82 Å². The van der Waals surface area contributed by atoms with Gasteiger partial charge in [-0.1, -0.05) is 30.3 Å². The Kier molecular flexibility index (Phi) is 7.45. The van der Waals surface area contributed by atoms with E-state index in [2.05, 4.69) is 17.1 Å². The Hall–Kier alpha value is -2.18. The van der Waals surface area contributed by atoms with Crippen LogP contribution < -0.4 is 17.2 Å². The van der Waals surface area contributed by atoms with Gasteiger partial charge in [-0.25, -0.2) is 4.79 Å². The molecule has 0 bridgehead atoms. The zero-order valence-corrected chi connectivity index (χ0v) is 13.9. The highest BCUT2D eigenvalue weighted by Crippen LogP contribution is 2.06. The summed E-state index contributed by atoms with van der Waals surface area (Å²) in [4.78, 5) is 15.3. The van der Waals surface area contributed by atoms with Crippen molar-refractivity contribution in [3.8, 4) is 0 Å². The van der Waals surface area contributed by atoms with Gasteiger partial charge in [-0.2, -0.15) is 4.98 Å². The number of ether oxygens (including phenoxy) is 1. The molecule has 1 heterocycles. The van der Waals surface area contributed by atoms with Crippen LogP contribution in [-0.2, 0) is 17.9 Å². The molecule has 0 aliphatic heterocycles. The number of aryl methyl sites for hydroxylation is 1. The van der Waals surface area contributed by atoms with Gasteiger partial charge in [-0.15, -0.1) is 0 Å². The third-order valence-electron chi connectivity index (χ3n) is 3.84. The van der Waals surface area contributed by atoms with Crippen LogP contribution in [0.5, 0.6) is 0 Å². The van der Waals surface area contributed by atoms with E-state index in [4.69, 9.17) is 16.2 Å². The summed E-state index contributed by atoms with van der Waals surface area (Å²) < 4.78 is 7.21. The lowest BCUT2D eigenvalue weighted by Crippen LogP contribution is -2.25. The molecule has 1 aromatic heterocycles. The summed E-state index contributed by atoms with van der Waals surface area (Å²) >= 11 is 0. The summed E-state index contributed by atoms with van der Waals surface area (Å²) in [5.74, 6) is 0.253. The fraction of sp³-hybridized carbons (Fsp3) is 0.444. The Labute approximate surface area is 142 Å². The second-order valence-corrected chi connectivity index (χ2v) is 5.91. The van der Waals surface area contributed by atoms with Crippen molar-refractivity contribution in [1.29, 1.82) is 0 Å². The van der Waals surface area contributed by atoms with Gasteiger partial charge < -0.3 is 16.2 Å². The van der Waals surface area contributed by atoms with Gasteiger partial charge in [0.05, 0.1) is 6.61 Å². The van der Waals surface area contributed by atoms with E-state index in [-0.39, 0.29) is 17.5 Å². The number of hydrogen-bond acceptors (Lipinski definition) is 5. The monoisotopic (exact) mass is 330 g/mol. The van der Waals surface area contributed by atoms with Crippen LogP contribution in [0.25, 0.3) is 0 Å². The number of anilines is 1. The molecule has 0 saturated carbocycles. The van der Waals surface area contributed by atoms with Gasteiger partial charge >= 0.3 is 5.69 Å². The van der Waals surface area contributed by atoms with E-state index in [0.29, 0.717) is 19.8 Å². The van der Waals surface area contributed by atoms with Gasteiger partial charge in [0, 0.05) is 25.4 Å². The Bertz CT molecular complexity index is 658. The molecule has 4 N–H and O–H groups in total. The number of nitrogens with zero attached hydrogens (tertiary/aromatic N) is 2. The minimum absolute atomic E-state index is 0.128. The predicted molar refractivity (Wildman–Crippen MR) is 95.5 cm³/mol. The van der Waals surface area contributed by atoms with Crippen LogP contribution in [0.15, 0.2) is 47.4 Å². The highest BCUT2D eigenvalue weighted by molar-refractivity contribution is 5.23. The Morgan fingerprint density at radius 3 is 2.62 bits per heavy atom. The summed E-state index contributed by atoms with van der Waals surface area (Å²) in [6.07, 6.45) is 5.25. The first-order valence-electron chi connectivity index (χ1n) is 8.35. The number of nitrogen functional groups attached to an aromatic ring is 1. The van der Waals surface area contributed by atoms with Gasteiger partial charge in [-0.05, 0) is 37.3 Å². The van der Waals surface area contributed by atoms with Crippen molar-refractivity contribution in [2.24, 2.45) is 5.73 Å². The van der Waals surface area contributed by atoms with Gasteiger partial charge in [0.15, 0.2) is 0 Å². The largest absolute Gasteiger partial charge is 0.383 e. The normalized spacial score (nSPS) is 12.2. The van der Waals surface area contributed by atoms with Crippen molar-refractivity contribution in [2.45, 2.75) is 44.9 Å². The summed E-state index contributed by atoms with van der Waals surface area (Å²) in [5.41, 5.74) is 12.5. The van der Waals surface area contributed by atoms with Crippen molar-refractivity contribution in [3.63, 3.8) is 0 Å². The third kappa shape index (κ3) is 6.52. The molecule has 1 unspecified atom stereocenters. The molecule has 2 rings (SSSR count). The Morgan fingerprint density at radius 1 is 1.12 bits per heavy atom. The van der Waals surface area contributed by atoms with E-state index in [1.807, 2.05) is 18.2 Å². The average Bonchev–Trinajstić information content (AvgIpc) is 2.57.